The number of hydrogen-bond acceptors (Lipinski definition) is 3. The third-order valence-corrected chi connectivity index (χ3v) is 5.17. The molecule has 1 aromatic carbocycles. The maximum absolute atomic E-state index is 12.6. The first-order chi connectivity index (χ1) is 12.2. The number of amides is 1. The summed E-state index contributed by atoms with van der Waals surface area (Å²) in [6, 6.07) is 12.9. The Morgan fingerprint density at radius 3 is 2.64 bits per heavy atom. The van der Waals surface area contributed by atoms with Crippen LogP contribution < -0.4 is 0 Å². The molecule has 1 aliphatic heterocycles. The van der Waals surface area contributed by atoms with Crippen LogP contribution in [-0.2, 0) is 17.8 Å². The number of benzene rings is 1. The fourth-order valence-corrected chi connectivity index (χ4v) is 3.68. The molecule has 0 saturated carbocycles. The van der Waals surface area contributed by atoms with Crippen LogP contribution in [0.25, 0.3) is 0 Å². The first-order valence-corrected chi connectivity index (χ1v) is 9.13. The van der Waals surface area contributed by atoms with Crippen molar-refractivity contribution in [1.82, 2.24) is 14.8 Å². The average molecular weight is 337 g/mol. The zero-order valence-electron chi connectivity index (χ0n) is 15.2. The molecule has 4 heteroatoms. The smallest absolute Gasteiger partial charge is 0.224 e. The van der Waals surface area contributed by atoms with E-state index in [1.165, 1.54) is 16.7 Å². The molecule has 0 saturated heterocycles. The van der Waals surface area contributed by atoms with Gasteiger partial charge < -0.3 is 4.90 Å². The van der Waals surface area contributed by atoms with Crippen LogP contribution in [0.5, 0.6) is 0 Å². The number of rotatable bonds is 6. The van der Waals surface area contributed by atoms with Gasteiger partial charge in [0.15, 0.2) is 0 Å². The molecule has 0 unspecified atom stereocenters. The predicted octanol–water partition coefficient (Wildman–Crippen LogP) is 3.44. The molecule has 3 rings (SSSR count). The van der Waals surface area contributed by atoms with Gasteiger partial charge in [-0.2, -0.15) is 0 Å². The normalized spacial score (nSPS) is 15.1. The number of aromatic nitrogens is 1. The van der Waals surface area contributed by atoms with Crippen LogP contribution in [0.3, 0.4) is 0 Å². The van der Waals surface area contributed by atoms with Crippen molar-refractivity contribution in [2.45, 2.75) is 38.8 Å². The van der Waals surface area contributed by atoms with E-state index in [1.807, 2.05) is 17.3 Å². The highest BCUT2D eigenvalue weighted by molar-refractivity contribution is 5.76. The molecular formula is C21H27N3O. The van der Waals surface area contributed by atoms with Crippen LogP contribution >= 0.6 is 0 Å². The number of carbonyl (C=O) groups excluding carboxylic acids is 1. The summed E-state index contributed by atoms with van der Waals surface area (Å²) in [7, 11) is 2.10. The van der Waals surface area contributed by atoms with Crippen molar-refractivity contribution in [3.05, 3.63) is 65.5 Å². The minimum absolute atomic E-state index is 0.255. The van der Waals surface area contributed by atoms with Crippen LogP contribution in [0.1, 0.15) is 42.5 Å². The van der Waals surface area contributed by atoms with Crippen molar-refractivity contribution in [3.8, 4) is 0 Å². The van der Waals surface area contributed by atoms with E-state index in [9.17, 15) is 4.79 Å². The summed E-state index contributed by atoms with van der Waals surface area (Å²) < 4.78 is 0. The third kappa shape index (κ3) is 4.26. The lowest BCUT2D eigenvalue weighted by Gasteiger charge is -2.31. The number of hydrogen-bond donors (Lipinski definition) is 0. The van der Waals surface area contributed by atoms with Crippen LogP contribution in [0.2, 0.25) is 0 Å². The van der Waals surface area contributed by atoms with Crippen molar-refractivity contribution in [1.29, 1.82) is 0 Å². The highest BCUT2D eigenvalue weighted by Crippen LogP contribution is 2.23. The summed E-state index contributed by atoms with van der Waals surface area (Å²) in [4.78, 5) is 21.0. The Bertz CT molecular complexity index is 701. The first kappa shape index (κ1) is 17.6. The highest BCUT2D eigenvalue weighted by Gasteiger charge is 2.22. The SMILES string of the molecule is CC[C@H](c1ccncc1)N(C)CCC(=O)N1CCc2ccccc2C1. The summed E-state index contributed by atoms with van der Waals surface area (Å²) in [6.45, 7) is 4.55. The van der Waals surface area contributed by atoms with E-state index in [2.05, 4.69) is 60.3 Å². The molecule has 2 heterocycles. The molecule has 1 aromatic heterocycles. The Hall–Kier alpha value is -2.20. The lowest BCUT2D eigenvalue weighted by Crippen LogP contribution is -2.38. The minimum atomic E-state index is 0.255. The molecule has 2 aromatic rings. The third-order valence-electron chi connectivity index (χ3n) is 5.17. The van der Waals surface area contributed by atoms with E-state index in [0.29, 0.717) is 12.5 Å². The number of fused-ring (bicyclic) bond motifs is 1. The second kappa shape index (κ2) is 8.26. The molecule has 0 spiro atoms. The molecule has 0 bridgehead atoms. The Morgan fingerprint density at radius 1 is 1.20 bits per heavy atom. The molecule has 132 valence electrons. The van der Waals surface area contributed by atoms with Gasteiger partial charge in [-0.15, -0.1) is 0 Å². The van der Waals surface area contributed by atoms with E-state index in [0.717, 1.165) is 32.5 Å². The van der Waals surface area contributed by atoms with Crippen LogP contribution in [-0.4, -0.2) is 40.8 Å². The van der Waals surface area contributed by atoms with Gasteiger partial charge in [-0.1, -0.05) is 31.2 Å². The molecule has 0 N–H and O–H groups in total. The molecule has 0 fully saturated rings. The van der Waals surface area contributed by atoms with Gasteiger partial charge in [-0.05, 0) is 48.7 Å². The fourth-order valence-electron chi connectivity index (χ4n) is 3.68. The topological polar surface area (TPSA) is 36.4 Å². The summed E-state index contributed by atoms with van der Waals surface area (Å²) in [5.41, 5.74) is 3.94. The van der Waals surface area contributed by atoms with E-state index >= 15 is 0 Å². The maximum Gasteiger partial charge on any atom is 0.224 e. The predicted molar refractivity (Wildman–Crippen MR) is 100 cm³/mol. The van der Waals surface area contributed by atoms with Crippen LogP contribution in [0.15, 0.2) is 48.8 Å². The Balaban J connectivity index is 1.55. The zero-order valence-corrected chi connectivity index (χ0v) is 15.2. The van der Waals surface area contributed by atoms with Crippen LogP contribution in [0.4, 0.5) is 0 Å². The lowest BCUT2D eigenvalue weighted by atomic mass is 9.99. The molecule has 4 nitrogen and oxygen atoms in total. The average Bonchev–Trinajstić information content (AvgIpc) is 2.67. The molecule has 0 radical (unpaired) electrons. The Morgan fingerprint density at radius 2 is 1.92 bits per heavy atom. The summed E-state index contributed by atoms with van der Waals surface area (Å²) >= 11 is 0. The van der Waals surface area contributed by atoms with Gasteiger partial charge in [-0.25, -0.2) is 0 Å². The molecule has 1 aliphatic rings. The summed E-state index contributed by atoms with van der Waals surface area (Å²) in [5, 5.41) is 0. The van der Waals surface area contributed by atoms with Gasteiger partial charge in [0.05, 0.1) is 0 Å². The molecule has 1 amide bonds. The summed E-state index contributed by atoms with van der Waals surface area (Å²) in [5.74, 6) is 0.255. The van der Waals surface area contributed by atoms with Crippen molar-refractivity contribution < 1.29 is 4.79 Å². The van der Waals surface area contributed by atoms with Gasteiger partial charge in [0.2, 0.25) is 5.91 Å². The minimum Gasteiger partial charge on any atom is -0.338 e. The first-order valence-electron chi connectivity index (χ1n) is 9.13. The monoisotopic (exact) mass is 337 g/mol. The van der Waals surface area contributed by atoms with Gasteiger partial charge in [0.1, 0.15) is 0 Å². The van der Waals surface area contributed by atoms with Crippen molar-refractivity contribution in [2.24, 2.45) is 0 Å². The molecule has 25 heavy (non-hydrogen) atoms. The number of pyridine rings is 1. The number of carbonyl (C=O) groups is 1. The van der Waals surface area contributed by atoms with Gasteiger partial charge in [0, 0.05) is 44.5 Å². The molecular weight excluding hydrogens is 310 g/mol. The standard InChI is InChI=1S/C21H27N3O/c1-3-20(18-8-12-22-13-9-18)23(2)14-11-21(25)24-15-10-17-6-4-5-7-19(17)16-24/h4-9,12-13,20H,3,10-11,14-16H2,1-2H3/t20-/m1/s1. The van der Waals surface area contributed by atoms with Crippen LogP contribution in [0, 0.1) is 0 Å². The van der Waals surface area contributed by atoms with Crippen molar-refractivity contribution >= 4 is 5.91 Å². The van der Waals surface area contributed by atoms with Gasteiger partial charge >= 0.3 is 0 Å². The summed E-state index contributed by atoms with van der Waals surface area (Å²) in [6.07, 6.45) is 6.22. The fraction of sp³-hybridized carbons (Fsp3) is 0.429. The zero-order chi connectivity index (χ0) is 17.6. The van der Waals surface area contributed by atoms with Gasteiger partial charge in [-0.3, -0.25) is 14.7 Å². The van der Waals surface area contributed by atoms with Crippen molar-refractivity contribution in [3.63, 3.8) is 0 Å². The number of nitrogens with zero attached hydrogens (tertiary/aromatic N) is 3. The van der Waals surface area contributed by atoms with E-state index in [-0.39, 0.29) is 5.91 Å². The van der Waals surface area contributed by atoms with E-state index in [4.69, 9.17) is 0 Å². The maximum atomic E-state index is 12.6. The quantitative estimate of drug-likeness (QED) is 0.810. The Labute approximate surface area is 150 Å². The largest absolute Gasteiger partial charge is 0.338 e. The lowest BCUT2D eigenvalue weighted by molar-refractivity contribution is -0.132. The van der Waals surface area contributed by atoms with Crippen molar-refractivity contribution in [2.75, 3.05) is 20.1 Å². The van der Waals surface area contributed by atoms with E-state index in [1.54, 1.807) is 0 Å². The Kier molecular flexibility index (Phi) is 5.82. The molecule has 1 atom stereocenters. The second-order valence-electron chi connectivity index (χ2n) is 6.77. The van der Waals surface area contributed by atoms with Gasteiger partial charge in [0.25, 0.3) is 0 Å². The highest BCUT2D eigenvalue weighted by atomic mass is 16.2. The second-order valence-corrected chi connectivity index (χ2v) is 6.77. The molecule has 0 aliphatic carbocycles. The van der Waals surface area contributed by atoms with E-state index < -0.39 is 0 Å².